The van der Waals surface area contributed by atoms with Crippen LogP contribution in [-0.4, -0.2) is 16.8 Å². The number of carbonyl (C=O) groups is 2. The van der Waals surface area contributed by atoms with Gasteiger partial charge in [-0.3, -0.25) is 9.59 Å². The third kappa shape index (κ3) is 4.43. The van der Waals surface area contributed by atoms with Crippen molar-refractivity contribution in [2.45, 2.75) is 20.3 Å². The normalized spacial score (nSPS) is 10.3. The Morgan fingerprint density at radius 1 is 1.13 bits per heavy atom. The van der Waals surface area contributed by atoms with Crippen molar-refractivity contribution >= 4 is 46.4 Å². The van der Waals surface area contributed by atoms with E-state index in [0.717, 1.165) is 5.56 Å². The average molecular weight is 352 g/mol. The zero-order valence-corrected chi connectivity index (χ0v) is 14.1. The van der Waals surface area contributed by atoms with Crippen LogP contribution in [0.5, 0.6) is 0 Å². The molecule has 2 aromatic rings. The number of nitrogens with one attached hydrogen (secondary N) is 2. The van der Waals surface area contributed by atoms with Crippen molar-refractivity contribution in [3.8, 4) is 0 Å². The first-order valence-corrected chi connectivity index (χ1v) is 7.70. The number of pyridine rings is 1. The third-order valence-corrected chi connectivity index (χ3v) is 3.63. The van der Waals surface area contributed by atoms with Crippen molar-refractivity contribution in [3.05, 3.63) is 51.8 Å². The highest BCUT2D eigenvalue weighted by atomic mass is 35.5. The molecule has 5 nitrogen and oxygen atoms in total. The molecule has 0 saturated carbocycles. The molecule has 120 valence electrons. The van der Waals surface area contributed by atoms with Crippen LogP contribution < -0.4 is 10.6 Å². The maximum absolute atomic E-state index is 12.3. The predicted octanol–water partition coefficient (Wildman–Crippen LogP) is 4.30. The number of nitrogens with zero attached hydrogens (tertiary/aromatic N) is 1. The lowest BCUT2D eigenvalue weighted by molar-refractivity contribution is -0.115. The van der Waals surface area contributed by atoms with E-state index in [1.54, 1.807) is 25.1 Å². The van der Waals surface area contributed by atoms with Gasteiger partial charge in [0.05, 0.1) is 5.02 Å². The summed E-state index contributed by atoms with van der Waals surface area (Å²) in [4.78, 5) is 27.7. The second-order valence-corrected chi connectivity index (χ2v) is 5.64. The van der Waals surface area contributed by atoms with Crippen LogP contribution in [0, 0.1) is 6.92 Å². The van der Waals surface area contributed by atoms with Crippen molar-refractivity contribution in [1.82, 2.24) is 4.98 Å². The Morgan fingerprint density at radius 3 is 2.57 bits per heavy atom. The van der Waals surface area contributed by atoms with Crippen LogP contribution in [0.2, 0.25) is 10.2 Å². The molecule has 23 heavy (non-hydrogen) atoms. The number of aromatic nitrogens is 1. The quantitative estimate of drug-likeness (QED) is 0.806. The molecule has 0 aliphatic heterocycles. The molecule has 0 aliphatic rings. The first-order valence-electron chi connectivity index (χ1n) is 6.94. The van der Waals surface area contributed by atoms with E-state index in [0.29, 0.717) is 17.8 Å². The second kappa shape index (κ2) is 7.44. The number of carbonyl (C=O) groups excluding carboxylic acids is 2. The number of hydrogen-bond donors (Lipinski definition) is 2. The van der Waals surface area contributed by atoms with E-state index in [2.05, 4.69) is 15.6 Å². The Kier molecular flexibility index (Phi) is 5.58. The fourth-order valence-electron chi connectivity index (χ4n) is 1.84. The molecule has 0 radical (unpaired) electrons. The summed E-state index contributed by atoms with van der Waals surface area (Å²) < 4.78 is 0. The lowest BCUT2D eigenvalue weighted by Gasteiger charge is -2.11. The predicted molar refractivity (Wildman–Crippen MR) is 92.3 cm³/mol. The first kappa shape index (κ1) is 17.2. The molecule has 1 aromatic carbocycles. The maximum Gasteiger partial charge on any atom is 0.275 e. The molecule has 1 aromatic heterocycles. The Balaban J connectivity index is 2.25. The molecule has 0 bridgehead atoms. The molecule has 0 unspecified atom stereocenters. The van der Waals surface area contributed by atoms with Gasteiger partial charge in [0.2, 0.25) is 5.91 Å². The zero-order valence-electron chi connectivity index (χ0n) is 12.6. The largest absolute Gasteiger partial charge is 0.326 e. The minimum Gasteiger partial charge on any atom is -0.326 e. The Labute approximate surface area is 144 Å². The highest BCUT2D eigenvalue weighted by molar-refractivity contribution is 6.35. The van der Waals surface area contributed by atoms with E-state index in [4.69, 9.17) is 23.2 Å². The van der Waals surface area contributed by atoms with Crippen molar-refractivity contribution < 1.29 is 9.59 Å². The van der Waals surface area contributed by atoms with E-state index >= 15 is 0 Å². The molecule has 0 aliphatic carbocycles. The highest BCUT2D eigenvalue weighted by Crippen LogP contribution is 2.23. The van der Waals surface area contributed by atoms with Crippen LogP contribution in [0.15, 0.2) is 30.3 Å². The highest BCUT2D eigenvalue weighted by Gasteiger charge is 2.14. The van der Waals surface area contributed by atoms with E-state index in [-0.39, 0.29) is 21.8 Å². The molecular formula is C16H15Cl2N3O2. The number of amides is 2. The molecule has 2 N–H and O–H groups in total. The summed E-state index contributed by atoms with van der Waals surface area (Å²) in [6.07, 6.45) is 0.373. The SMILES string of the molecule is CCC(=O)Nc1ccc(C)c(NC(=O)c2nc(Cl)ccc2Cl)c1. The molecule has 7 heteroatoms. The molecular weight excluding hydrogens is 337 g/mol. The van der Waals surface area contributed by atoms with E-state index in [1.165, 1.54) is 12.1 Å². The first-order chi connectivity index (χ1) is 10.9. The fourth-order valence-corrected chi connectivity index (χ4v) is 2.18. The Morgan fingerprint density at radius 2 is 1.87 bits per heavy atom. The lowest BCUT2D eigenvalue weighted by Crippen LogP contribution is -2.16. The van der Waals surface area contributed by atoms with Gasteiger partial charge in [-0.25, -0.2) is 4.98 Å². The summed E-state index contributed by atoms with van der Waals surface area (Å²) in [5, 5.41) is 5.86. The summed E-state index contributed by atoms with van der Waals surface area (Å²) in [5.41, 5.74) is 2.04. The van der Waals surface area contributed by atoms with Crippen molar-refractivity contribution in [3.63, 3.8) is 0 Å². The van der Waals surface area contributed by atoms with Gasteiger partial charge in [-0.2, -0.15) is 0 Å². The number of halogens is 2. The molecule has 0 spiro atoms. The van der Waals surface area contributed by atoms with Gasteiger partial charge >= 0.3 is 0 Å². The van der Waals surface area contributed by atoms with Crippen LogP contribution in [0.3, 0.4) is 0 Å². The molecule has 2 rings (SSSR count). The van der Waals surface area contributed by atoms with Crippen LogP contribution in [0.1, 0.15) is 29.4 Å². The Hall–Kier alpha value is -2.11. The van der Waals surface area contributed by atoms with Gasteiger partial charge < -0.3 is 10.6 Å². The standard InChI is InChI=1S/C16H15Cl2N3O2/c1-3-14(22)19-10-5-4-9(2)12(8-10)20-16(23)15-11(17)6-7-13(18)21-15/h4-8H,3H2,1-2H3,(H,19,22)(H,20,23). The fraction of sp³-hybridized carbons (Fsp3) is 0.188. The number of anilines is 2. The lowest BCUT2D eigenvalue weighted by atomic mass is 10.1. The van der Waals surface area contributed by atoms with Crippen molar-refractivity contribution in [2.75, 3.05) is 10.6 Å². The Bertz CT molecular complexity index is 763. The number of rotatable bonds is 4. The van der Waals surface area contributed by atoms with Gasteiger partial charge in [-0.15, -0.1) is 0 Å². The van der Waals surface area contributed by atoms with Gasteiger partial charge in [-0.1, -0.05) is 36.2 Å². The average Bonchev–Trinajstić information content (AvgIpc) is 2.52. The van der Waals surface area contributed by atoms with Crippen molar-refractivity contribution in [2.24, 2.45) is 0 Å². The second-order valence-electron chi connectivity index (χ2n) is 4.85. The molecule has 0 saturated heterocycles. The van der Waals surface area contributed by atoms with Crippen LogP contribution >= 0.6 is 23.2 Å². The van der Waals surface area contributed by atoms with E-state index < -0.39 is 5.91 Å². The molecule has 2 amide bonds. The number of hydrogen-bond acceptors (Lipinski definition) is 3. The summed E-state index contributed by atoms with van der Waals surface area (Å²) in [6.45, 7) is 3.60. The topological polar surface area (TPSA) is 71.1 Å². The van der Waals surface area contributed by atoms with E-state index in [1.807, 2.05) is 6.92 Å². The smallest absolute Gasteiger partial charge is 0.275 e. The van der Waals surface area contributed by atoms with Crippen LogP contribution in [-0.2, 0) is 4.79 Å². The van der Waals surface area contributed by atoms with Gasteiger partial charge in [0, 0.05) is 17.8 Å². The number of benzene rings is 1. The van der Waals surface area contributed by atoms with Crippen LogP contribution in [0.25, 0.3) is 0 Å². The molecule has 1 heterocycles. The summed E-state index contributed by atoms with van der Waals surface area (Å²) in [7, 11) is 0. The maximum atomic E-state index is 12.3. The van der Waals surface area contributed by atoms with Gasteiger partial charge in [0.15, 0.2) is 0 Å². The van der Waals surface area contributed by atoms with Gasteiger partial charge in [0.1, 0.15) is 10.8 Å². The summed E-state index contributed by atoms with van der Waals surface area (Å²) in [6, 6.07) is 8.26. The van der Waals surface area contributed by atoms with Crippen LogP contribution in [0.4, 0.5) is 11.4 Å². The van der Waals surface area contributed by atoms with Gasteiger partial charge in [0.25, 0.3) is 5.91 Å². The number of aryl methyl sites for hydroxylation is 1. The van der Waals surface area contributed by atoms with Crippen molar-refractivity contribution in [1.29, 1.82) is 0 Å². The molecule has 0 atom stereocenters. The monoisotopic (exact) mass is 351 g/mol. The summed E-state index contributed by atoms with van der Waals surface area (Å²) in [5.74, 6) is -0.578. The minimum atomic E-state index is -0.473. The zero-order chi connectivity index (χ0) is 17.0. The third-order valence-electron chi connectivity index (χ3n) is 3.12. The van der Waals surface area contributed by atoms with E-state index in [9.17, 15) is 9.59 Å². The minimum absolute atomic E-state index is 0.0431. The molecule has 0 fully saturated rings. The van der Waals surface area contributed by atoms with Gasteiger partial charge in [-0.05, 0) is 36.8 Å². The summed E-state index contributed by atoms with van der Waals surface area (Å²) >= 11 is 11.8.